The summed E-state index contributed by atoms with van der Waals surface area (Å²) in [5, 5.41) is 16.0. The number of fused-ring (bicyclic) bond motifs is 15. The molecule has 2 aliphatic heterocycles. The minimum atomic E-state index is 0.513. The highest BCUT2D eigenvalue weighted by atomic mass is 15.2. The highest BCUT2D eigenvalue weighted by Crippen LogP contribution is 2.58. The van der Waals surface area contributed by atoms with Gasteiger partial charge in [0.1, 0.15) is 0 Å². The Balaban J connectivity index is 0.666. The maximum absolute atomic E-state index is 5.69. The molecule has 6 heterocycles. The zero-order valence-electron chi connectivity index (χ0n) is 61.3. The first kappa shape index (κ1) is 63.4. The summed E-state index contributed by atoms with van der Waals surface area (Å²) in [6, 6.07) is 135. The van der Waals surface area contributed by atoms with Crippen molar-refractivity contribution in [3.8, 4) is 102 Å². The van der Waals surface area contributed by atoms with E-state index >= 15 is 0 Å². The number of para-hydroxylation sites is 3. The average molecular weight is 1450 g/mol. The largest absolute Gasteiger partial charge is 0.309 e. The molecule has 0 atom stereocenters. The lowest BCUT2D eigenvalue weighted by molar-refractivity contribution is 0.953. The molecule has 0 bridgehead atoms. The average Bonchev–Trinajstić information content (AvgIpc) is 0.819. The van der Waals surface area contributed by atoms with Crippen LogP contribution in [0.5, 0.6) is 0 Å². The quantitative estimate of drug-likeness (QED) is 0.134. The van der Waals surface area contributed by atoms with Crippen LogP contribution in [0.3, 0.4) is 0 Å². The van der Waals surface area contributed by atoms with Crippen LogP contribution in [0.4, 0.5) is 34.1 Å². The minimum Gasteiger partial charge on any atom is -0.309 e. The fourth-order valence-electron chi connectivity index (χ4n) is 18.4. The van der Waals surface area contributed by atoms with Gasteiger partial charge in [0.25, 0.3) is 0 Å². The third kappa shape index (κ3) is 9.74. The topological polar surface area (TPSA) is 93.7 Å². The summed E-state index contributed by atoms with van der Waals surface area (Å²) in [4.78, 5) is 37.8. The summed E-state index contributed by atoms with van der Waals surface area (Å²) in [7, 11) is 0. The predicted octanol–water partition coefficient (Wildman–Crippen LogP) is 26.9. The smallest absolute Gasteiger partial charge is 0.238 e. The van der Waals surface area contributed by atoms with Crippen LogP contribution in [-0.4, -0.2) is 39.0 Å². The third-order valence-corrected chi connectivity index (χ3v) is 23.4. The molecule has 0 unspecified atom stereocenters. The van der Waals surface area contributed by atoms with Gasteiger partial charge in [-0.2, -0.15) is 19.9 Å². The van der Waals surface area contributed by atoms with Crippen LogP contribution >= 0.6 is 0 Å². The molecule has 114 heavy (non-hydrogen) atoms. The van der Waals surface area contributed by atoms with E-state index in [9.17, 15) is 0 Å². The fourth-order valence-corrected chi connectivity index (χ4v) is 18.4. The molecule has 0 saturated heterocycles. The van der Waals surface area contributed by atoms with Crippen molar-refractivity contribution in [2.45, 2.75) is 0 Å². The number of nitrogens with zero attached hydrogens (tertiary/aromatic N) is 10. The molecule has 24 rings (SSSR count). The monoisotopic (exact) mass is 1450 g/mol. The van der Waals surface area contributed by atoms with Gasteiger partial charge in [0, 0.05) is 82.6 Å². The zero-order valence-corrected chi connectivity index (χ0v) is 61.3. The first-order chi connectivity index (χ1) is 56.5. The molecular weight excluding hydrogens is 1390 g/mol. The molecule has 2 aliphatic rings. The summed E-state index contributed by atoms with van der Waals surface area (Å²) < 4.78 is 4.44. The molecule has 18 aromatic carbocycles. The van der Waals surface area contributed by atoms with Crippen molar-refractivity contribution in [1.29, 1.82) is 0 Å². The number of aromatic nitrogens is 8. The normalized spacial score (nSPS) is 12.4. The van der Waals surface area contributed by atoms with Gasteiger partial charge < -0.3 is 9.80 Å². The number of hydrogen-bond acceptors (Lipinski definition) is 8. The summed E-state index contributed by atoms with van der Waals surface area (Å²) in [6.45, 7) is 0. The van der Waals surface area contributed by atoms with E-state index in [2.05, 4.69) is 389 Å². The Labute approximate surface area is 654 Å². The maximum Gasteiger partial charge on any atom is 0.238 e. The third-order valence-electron chi connectivity index (χ3n) is 23.4. The van der Waals surface area contributed by atoms with Gasteiger partial charge in [-0.1, -0.05) is 291 Å². The first-order valence-corrected chi connectivity index (χ1v) is 38.7. The van der Waals surface area contributed by atoms with Gasteiger partial charge in [-0.25, -0.2) is 9.97 Å². The number of rotatable bonds is 10. The van der Waals surface area contributed by atoms with Crippen molar-refractivity contribution in [3.05, 3.63) is 376 Å². The lowest BCUT2D eigenvalue weighted by atomic mass is 9.83. The van der Waals surface area contributed by atoms with Crippen molar-refractivity contribution in [2.24, 2.45) is 0 Å². The molecule has 10 nitrogen and oxygen atoms in total. The van der Waals surface area contributed by atoms with E-state index < -0.39 is 0 Å². The standard InChI is InChI=1S/C104H62N10/c1-2-21-63(22-3-1)64-45-47-70(48-46-64)99-105-100(108-103(107-99)113-86-40-13-10-35-80(86)81-36-11-14-41-87(81)113)71-49-55-74(56-50-71)111-90-44-20-29-69-51-57-79(98(95(69)90)97-78-34-9-6-25-67(78)54-60-92(97)111)72-52-58-83-82-37-12-15-42-88(82)114(93(83)62-72)104-109-101(106-102(110-104)84-38-17-26-65-23-4-7-32-76(65)84)73-30-16-31-75(61-73)112-89-43-19-28-68-27-18-39-85(94(68)89)96-77-33-8-5-24-66(77)53-59-91(96)112/h1-62H. The Bertz CT molecular complexity index is 7750. The molecular formula is C104H62N10. The molecule has 22 aromatic rings. The van der Waals surface area contributed by atoms with Gasteiger partial charge in [-0.05, 0) is 156 Å². The lowest BCUT2D eigenvalue weighted by Gasteiger charge is -2.35. The van der Waals surface area contributed by atoms with Crippen molar-refractivity contribution in [3.63, 3.8) is 0 Å². The van der Waals surface area contributed by atoms with E-state index in [-0.39, 0.29) is 0 Å². The van der Waals surface area contributed by atoms with Gasteiger partial charge >= 0.3 is 0 Å². The van der Waals surface area contributed by atoms with E-state index in [0.717, 1.165) is 160 Å². The molecule has 0 radical (unpaired) electrons. The van der Waals surface area contributed by atoms with Gasteiger partial charge in [0.2, 0.25) is 11.9 Å². The van der Waals surface area contributed by atoms with Crippen LogP contribution in [0.25, 0.3) is 199 Å². The Morgan fingerprint density at radius 1 is 0.184 bits per heavy atom. The minimum absolute atomic E-state index is 0.513. The Hall–Kier alpha value is -15.5. The van der Waals surface area contributed by atoms with Gasteiger partial charge in [0.15, 0.2) is 23.3 Å². The molecule has 0 fully saturated rings. The second-order valence-electron chi connectivity index (χ2n) is 29.7. The van der Waals surface area contributed by atoms with E-state index in [1.807, 2.05) is 6.07 Å². The summed E-state index contributed by atoms with van der Waals surface area (Å²) in [5.74, 6) is 3.34. The molecule has 0 amide bonds. The molecule has 0 spiro atoms. The van der Waals surface area contributed by atoms with Crippen LogP contribution in [-0.2, 0) is 0 Å². The van der Waals surface area contributed by atoms with Crippen molar-refractivity contribution in [2.75, 3.05) is 9.80 Å². The number of benzene rings is 18. The summed E-state index contributed by atoms with van der Waals surface area (Å²) in [6.07, 6.45) is 0. The van der Waals surface area contributed by atoms with Gasteiger partial charge in [0.05, 0.1) is 44.8 Å². The lowest BCUT2D eigenvalue weighted by Crippen LogP contribution is -2.15. The van der Waals surface area contributed by atoms with Crippen molar-refractivity contribution in [1.82, 2.24) is 39.0 Å². The van der Waals surface area contributed by atoms with Crippen molar-refractivity contribution < 1.29 is 0 Å². The molecule has 0 saturated carbocycles. The van der Waals surface area contributed by atoms with Crippen LogP contribution < -0.4 is 9.80 Å². The number of hydrogen-bond donors (Lipinski definition) is 0. The number of anilines is 6. The molecule has 528 valence electrons. The molecule has 4 aromatic heterocycles. The van der Waals surface area contributed by atoms with Gasteiger partial charge in [-0.15, -0.1) is 0 Å². The van der Waals surface area contributed by atoms with Crippen LogP contribution in [0.15, 0.2) is 376 Å². The first-order valence-electron chi connectivity index (χ1n) is 38.7. The van der Waals surface area contributed by atoms with E-state index in [4.69, 9.17) is 29.9 Å². The highest BCUT2D eigenvalue weighted by Gasteiger charge is 2.33. The Kier molecular flexibility index (Phi) is 13.9. The van der Waals surface area contributed by atoms with Crippen LogP contribution in [0, 0.1) is 0 Å². The van der Waals surface area contributed by atoms with E-state index in [1.54, 1.807) is 0 Å². The molecule has 0 aliphatic carbocycles. The van der Waals surface area contributed by atoms with Crippen LogP contribution in [0.2, 0.25) is 0 Å². The molecule has 10 heteroatoms. The zero-order chi connectivity index (χ0) is 74.6. The molecule has 0 N–H and O–H groups in total. The Morgan fingerprint density at radius 2 is 0.605 bits per heavy atom. The van der Waals surface area contributed by atoms with Crippen LogP contribution in [0.1, 0.15) is 0 Å². The second kappa shape index (κ2) is 25.0. The van der Waals surface area contributed by atoms with E-state index in [1.165, 1.54) is 38.2 Å². The maximum atomic E-state index is 5.69. The van der Waals surface area contributed by atoms with Crippen molar-refractivity contribution >= 4 is 132 Å². The SMILES string of the molecule is c1ccc(-c2ccc(-c3nc(-c4ccc(N5c6ccc7ccccc7c6-c6c(-c7ccc8c9ccccc9n(-c9nc(-c%10cccc(N%11c%12ccc%13ccccc%13c%12-c%12cccc%13cccc%11c%12%13)c%10)nc(-c%10cccc%11ccccc%10%11)n9)c8c7)ccc7cccc5c67)cc4)nc(-n4c5ccccc5c5ccccc54)n3)cc2)cc1. The van der Waals surface area contributed by atoms with Gasteiger partial charge in [-0.3, -0.25) is 9.13 Å². The second-order valence-corrected chi connectivity index (χ2v) is 29.7. The fraction of sp³-hybridized carbons (Fsp3) is 0. The van der Waals surface area contributed by atoms with E-state index in [0.29, 0.717) is 35.2 Å². The highest BCUT2D eigenvalue weighted by molar-refractivity contribution is 6.24. The summed E-state index contributed by atoms with van der Waals surface area (Å²) >= 11 is 0. The summed E-state index contributed by atoms with van der Waals surface area (Å²) in [5.41, 5.74) is 23.1. The predicted molar refractivity (Wildman–Crippen MR) is 469 cm³/mol. The Morgan fingerprint density at radius 3 is 1.26 bits per heavy atom.